The Labute approximate surface area is 162 Å². The summed E-state index contributed by atoms with van der Waals surface area (Å²) in [5, 5.41) is 7.12. The summed E-state index contributed by atoms with van der Waals surface area (Å²) < 4.78 is 5.41. The van der Waals surface area contributed by atoms with E-state index in [1.165, 1.54) is 6.42 Å². The molecular formula is C20H22N4O2S. The van der Waals surface area contributed by atoms with Crippen molar-refractivity contribution >= 4 is 28.6 Å². The third-order valence-electron chi connectivity index (χ3n) is 4.91. The Morgan fingerprint density at radius 2 is 2.11 bits per heavy atom. The van der Waals surface area contributed by atoms with E-state index in [1.54, 1.807) is 11.3 Å². The van der Waals surface area contributed by atoms with Crippen molar-refractivity contribution in [1.29, 1.82) is 0 Å². The van der Waals surface area contributed by atoms with Crippen molar-refractivity contribution in [1.82, 2.24) is 10.1 Å². The lowest BCUT2D eigenvalue weighted by Gasteiger charge is -2.20. The molecule has 2 aromatic heterocycles. The summed E-state index contributed by atoms with van der Waals surface area (Å²) in [6, 6.07) is 9.47. The topological polar surface area (TPSA) is 71.3 Å². The second kappa shape index (κ2) is 7.15. The first-order chi connectivity index (χ1) is 13.0. The van der Waals surface area contributed by atoms with Gasteiger partial charge in [-0.2, -0.15) is 4.98 Å². The minimum absolute atomic E-state index is 0.130. The smallest absolute Gasteiger partial charge is 0.255 e. The Hall–Kier alpha value is -2.67. The molecule has 6 nitrogen and oxygen atoms in total. The summed E-state index contributed by atoms with van der Waals surface area (Å²) in [7, 11) is 3.91. The van der Waals surface area contributed by atoms with Gasteiger partial charge in [-0.1, -0.05) is 17.6 Å². The number of amides is 1. The quantitative estimate of drug-likeness (QED) is 0.693. The summed E-state index contributed by atoms with van der Waals surface area (Å²) >= 11 is 1.56. The Morgan fingerprint density at radius 1 is 1.30 bits per heavy atom. The maximum absolute atomic E-state index is 12.7. The van der Waals surface area contributed by atoms with Gasteiger partial charge in [0.05, 0.1) is 10.6 Å². The standard InChI is InChI=1S/C20H22N4O2S/c1-12-16(21-19(25)14-8-5-9-15(10-14)24(2)3)11-17(27-12)18-22-20(26-23-18)13-6-4-7-13/h5,8-11,13H,4,6-7H2,1-3H3,(H,21,25). The maximum atomic E-state index is 12.7. The van der Waals surface area contributed by atoms with Crippen molar-refractivity contribution < 1.29 is 9.32 Å². The van der Waals surface area contributed by atoms with Gasteiger partial charge < -0.3 is 14.7 Å². The van der Waals surface area contributed by atoms with Crippen LogP contribution in [0.25, 0.3) is 10.7 Å². The molecule has 1 fully saturated rings. The second-order valence-corrected chi connectivity index (χ2v) is 8.32. The Bertz CT molecular complexity index is 972. The lowest BCUT2D eigenvalue weighted by atomic mass is 9.85. The number of aromatic nitrogens is 2. The number of thiophene rings is 1. The van der Waals surface area contributed by atoms with Gasteiger partial charge >= 0.3 is 0 Å². The molecule has 0 atom stereocenters. The van der Waals surface area contributed by atoms with Crippen LogP contribution in [0.15, 0.2) is 34.9 Å². The number of hydrogen-bond donors (Lipinski definition) is 1. The Morgan fingerprint density at radius 3 is 2.81 bits per heavy atom. The number of carbonyl (C=O) groups excluding carboxylic acids is 1. The fraction of sp³-hybridized carbons (Fsp3) is 0.350. The van der Waals surface area contributed by atoms with Crippen molar-refractivity contribution in [3.05, 3.63) is 46.7 Å². The largest absolute Gasteiger partial charge is 0.378 e. The predicted molar refractivity (Wildman–Crippen MR) is 108 cm³/mol. The number of rotatable bonds is 5. The summed E-state index contributed by atoms with van der Waals surface area (Å²) in [5.74, 6) is 1.61. The zero-order chi connectivity index (χ0) is 19.0. The van der Waals surface area contributed by atoms with Crippen LogP contribution in [0, 0.1) is 6.92 Å². The number of nitrogens with one attached hydrogen (secondary N) is 1. The van der Waals surface area contributed by atoms with E-state index in [-0.39, 0.29) is 5.91 Å². The molecule has 0 unspecified atom stereocenters. The molecule has 1 aliphatic carbocycles. The number of aryl methyl sites for hydroxylation is 1. The van der Waals surface area contributed by atoms with E-state index in [4.69, 9.17) is 4.52 Å². The normalized spacial score (nSPS) is 14.0. The highest BCUT2D eigenvalue weighted by Crippen LogP contribution is 2.38. The molecule has 0 saturated heterocycles. The van der Waals surface area contributed by atoms with Crippen LogP contribution in [0.4, 0.5) is 11.4 Å². The summed E-state index contributed by atoms with van der Waals surface area (Å²) in [4.78, 5) is 21.1. The maximum Gasteiger partial charge on any atom is 0.255 e. The van der Waals surface area contributed by atoms with Gasteiger partial charge in [-0.3, -0.25) is 4.79 Å². The molecule has 1 aromatic carbocycles. The molecule has 1 saturated carbocycles. The number of hydrogen-bond acceptors (Lipinski definition) is 6. The molecule has 1 aliphatic rings. The third-order valence-corrected chi connectivity index (χ3v) is 5.95. The molecule has 27 heavy (non-hydrogen) atoms. The predicted octanol–water partition coefficient (Wildman–Crippen LogP) is 4.69. The molecule has 0 aliphatic heterocycles. The zero-order valence-electron chi connectivity index (χ0n) is 15.7. The molecule has 7 heteroatoms. The lowest BCUT2D eigenvalue weighted by Crippen LogP contribution is -2.14. The van der Waals surface area contributed by atoms with Crippen LogP contribution in [0.5, 0.6) is 0 Å². The van der Waals surface area contributed by atoms with E-state index in [0.717, 1.165) is 39.9 Å². The third kappa shape index (κ3) is 3.60. The van der Waals surface area contributed by atoms with Gasteiger partial charge in [0.25, 0.3) is 5.91 Å². The molecule has 0 radical (unpaired) electrons. The van der Waals surface area contributed by atoms with Crippen LogP contribution in [0.1, 0.15) is 46.3 Å². The van der Waals surface area contributed by atoms with Gasteiger partial charge in [0, 0.05) is 36.1 Å². The van der Waals surface area contributed by atoms with Crippen LogP contribution in [-0.4, -0.2) is 30.1 Å². The molecule has 140 valence electrons. The highest BCUT2D eigenvalue weighted by Gasteiger charge is 2.26. The van der Waals surface area contributed by atoms with Crippen molar-refractivity contribution in [3.8, 4) is 10.7 Å². The number of nitrogens with zero attached hydrogens (tertiary/aromatic N) is 3. The van der Waals surface area contributed by atoms with Gasteiger partial charge in [-0.25, -0.2) is 0 Å². The second-order valence-electron chi connectivity index (χ2n) is 7.06. The minimum Gasteiger partial charge on any atom is -0.378 e. The molecule has 4 rings (SSSR count). The molecule has 3 aromatic rings. The monoisotopic (exact) mass is 382 g/mol. The van der Waals surface area contributed by atoms with E-state index in [9.17, 15) is 4.79 Å². The Balaban J connectivity index is 1.52. The number of benzene rings is 1. The van der Waals surface area contributed by atoms with Crippen molar-refractivity contribution in [2.24, 2.45) is 0 Å². The Kier molecular flexibility index (Phi) is 4.70. The lowest BCUT2D eigenvalue weighted by molar-refractivity contribution is 0.102. The van der Waals surface area contributed by atoms with Crippen LogP contribution in [0.2, 0.25) is 0 Å². The SMILES string of the molecule is Cc1sc(-c2noc(C3CCC3)n2)cc1NC(=O)c1cccc(N(C)C)c1. The molecule has 0 spiro atoms. The van der Waals surface area contributed by atoms with Crippen LogP contribution in [0.3, 0.4) is 0 Å². The molecule has 1 amide bonds. The van der Waals surface area contributed by atoms with E-state index >= 15 is 0 Å². The first-order valence-corrected chi connectivity index (χ1v) is 9.86. The van der Waals surface area contributed by atoms with E-state index in [2.05, 4.69) is 15.5 Å². The summed E-state index contributed by atoms with van der Waals surface area (Å²) in [5.41, 5.74) is 2.39. The fourth-order valence-corrected chi connectivity index (χ4v) is 3.89. The molecular weight excluding hydrogens is 360 g/mol. The minimum atomic E-state index is -0.130. The highest BCUT2D eigenvalue weighted by atomic mass is 32.1. The molecule has 1 N–H and O–H groups in total. The molecule has 2 heterocycles. The van der Waals surface area contributed by atoms with Gasteiger partial charge in [0.2, 0.25) is 11.7 Å². The van der Waals surface area contributed by atoms with E-state index in [0.29, 0.717) is 17.3 Å². The molecule has 0 bridgehead atoms. The fourth-order valence-electron chi connectivity index (χ4n) is 2.99. The van der Waals surface area contributed by atoms with Gasteiger partial charge in [-0.15, -0.1) is 11.3 Å². The van der Waals surface area contributed by atoms with Crippen molar-refractivity contribution in [2.75, 3.05) is 24.3 Å². The average molecular weight is 382 g/mol. The summed E-state index contributed by atoms with van der Waals surface area (Å²) in [6.07, 6.45) is 3.47. The van der Waals surface area contributed by atoms with Gasteiger partial charge in [0.15, 0.2) is 0 Å². The summed E-state index contributed by atoms with van der Waals surface area (Å²) in [6.45, 7) is 1.98. The van der Waals surface area contributed by atoms with Gasteiger partial charge in [0.1, 0.15) is 0 Å². The number of carbonyl (C=O) groups is 1. The highest BCUT2D eigenvalue weighted by molar-refractivity contribution is 7.16. The number of anilines is 2. The van der Waals surface area contributed by atoms with Crippen LogP contribution < -0.4 is 10.2 Å². The average Bonchev–Trinajstić information content (AvgIpc) is 3.21. The van der Waals surface area contributed by atoms with Crippen LogP contribution >= 0.6 is 11.3 Å². The zero-order valence-corrected chi connectivity index (χ0v) is 16.5. The van der Waals surface area contributed by atoms with Crippen molar-refractivity contribution in [3.63, 3.8) is 0 Å². The van der Waals surface area contributed by atoms with Crippen molar-refractivity contribution in [2.45, 2.75) is 32.1 Å². The van der Waals surface area contributed by atoms with E-state index < -0.39 is 0 Å². The first-order valence-electron chi connectivity index (χ1n) is 9.04. The first kappa shape index (κ1) is 17.7. The van der Waals surface area contributed by atoms with Crippen LogP contribution in [-0.2, 0) is 0 Å². The van der Waals surface area contributed by atoms with E-state index in [1.807, 2.05) is 56.3 Å². The van der Waals surface area contributed by atoms with Gasteiger partial charge in [-0.05, 0) is 44.0 Å².